The number of carbonyl (C=O) groups is 1. The molecule has 0 fully saturated rings. The van der Waals surface area contributed by atoms with E-state index in [1.807, 2.05) is 18.3 Å². The molecule has 21 heavy (non-hydrogen) atoms. The maximum Gasteiger partial charge on any atom is 0.303 e. The van der Waals surface area contributed by atoms with Crippen LogP contribution in [0, 0.1) is 5.41 Å². The molecule has 0 bridgehead atoms. The summed E-state index contributed by atoms with van der Waals surface area (Å²) < 4.78 is 0. The topological polar surface area (TPSA) is 92.0 Å². The van der Waals surface area contributed by atoms with Gasteiger partial charge in [0.2, 0.25) is 0 Å². The van der Waals surface area contributed by atoms with E-state index in [1.165, 1.54) is 0 Å². The van der Waals surface area contributed by atoms with E-state index in [1.54, 1.807) is 6.20 Å². The molecule has 0 unspecified atom stereocenters. The fraction of sp³-hybridized carbons (Fsp3) is 0.500. The van der Waals surface area contributed by atoms with Crippen LogP contribution in [0.4, 0.5) is 0 Å². The van der Waals surface area contributed by atoms with Crippen LogP contribution in [0.5, 0.6) is 0 Å². The van der Waals surface area contributed by atoms with Gasteiger partial charge in [0.05, 0.1) is 0 Å². The van der Waals surface area contributed by atoms with Gasteiger partial charge in [0.1, 0.15) is 5.65 Å². The Labute approximate surface area is 125 Å². The van der Waals surface area contributed by atoms with Gasteiger partial charge < -0.3 is 15.8 Å². The predicted molar refractivity (Wildman–Crippen MR) is 84.9 cm³/mol. The maximum absolute atomic E-state index is 10.1. The fourth-order valence-corrected chi connectivity index (χ4v) is 1.97. The zero-order valence-electron chi connectivity index (χ0n) is 13.0. The lowest BCUT2D eigenvalue weighted by Crippen LogP contribution is -2.05. The number of pyridine rings is 1. The molecule has 0 spiro atoms. The first-order chi connectivity index (χ1) is 9.83. The summed E-state index contributed by atoms with van der Waals surface area (Å²) in [6, 6.07) is 3.93. The fourth-order valence-electron chi connectivity index (χ4n) is 1.97. The van der Waals surface area contributed by atoms with E-state index >= 15 is 0 Å². The van der Waals surface area contributed by atoms with Crippen molar-refractivity contribution in [2.75, 3.05) is 0 Å². The molecule has 0 aromatic carbocycles. The average molecular weight is 291 g/mol. The molecule has 5 heteroatoms. The first-order valence-corrected chi connectivity index (χ1v) is 7.16. The summed E-state index contributed by atoms with van der Waals surface area (Å²) in [4.78, 5) is 17.3. The van der Waals surface area contributed by atoms with Gasteiger partial charge in [-0.3, -0.25) is 4.79 Å². The molecule has 0 aliphatic heterocycles. The van der Waals surface area contributed by atoms with Gasteiger partial charge in [-0.25, -0.2) is 4.98 Å². The summed E-state index contributed by atoms with van der Waals surface area (Å²) in [7, 11) is 0. The van der Waals surface area contributed by atoms with E-state index in [0.717, 1.165) is 29.4 Å². The van der Waals surface area contributed by atoms with Crippen LogP contribution in [-0.2, 0) is 11.3 Å². The smallest absolute Gasteiger partial charge is 0.303 e. The molecule has 5 nitrogen and oxygen atoms in total. The van der Waals surface area contributed by atoms with E-state index in [4.69, 9.17) is 10.8 Å². The number of fused-ring (bicyclic) bond motifs is 1. The van der Waals surface area contributed by atoms with E-state index < -0.39 is 5.97 Å². The Morgan fingerprint density at radius 3 is 2.67 bits per heavy atom. The molecule has 0 aliphatic carbocycles. The Balaban J connectivity index is 0.000000212. The number of nitrogens with zero attached hydrogens (tertiary/aromatic N) is 1. The largest absolute Gasteiger partial charge is 0.481 e. The van der Waals surface area contributed by atoms with Gasteiger partial charge in [-0.1, -0.05) is 20.8 Å². The van der Waals surface area contributed by atoms with Crippen LogP contribution in [-0.4, -0.2) is 21.0 Å². The molecule has 0 radical (unpaired) electrons. The van der Waals surface area contributed by atoms with Crippen molar-refractivity contribution in [2.45, 2.75) is 46.6 Å². The molecule has 2 aromatic rings. The first-order valence-electron chi connectivity index (χ1n) is 7.16. The van der Waals surface area contributed by atoms with Crippen LogP contribution >= 0.6 is 0 Å². The highest BCUT2D eigenvalue weighted by Gasteiger charge is 2.09. The third-order valence-corrected chi connectivity index (χ3v) is 3.09. The second-order valence-electron chi connectivity index (χ2n) is 6.22. The molecule has 4 N–H and O–H groups in total. The normalized spacial score (nSPS) is 11.0. The standard InChI is InChI=1S/C8H9N3.C8H16O2/c9-5-6-1-3-10-8-7(6)2-4-11-8;1-8(2,3)6-4-5-7(9)10/h1-4H,5,9H2,(H,10,11);4-6H2,1-3H3,(H,9,10). The third kappa shape index (κ3) is 6.40. The quantitative estimate of drug-likeness (QED) is 0.805. The van der Waals surface area contributed by atoms with Crippen LogP contribution in [0.2, 0.25) is 0 Å². The summed E-state index contributed by atoms with van der Waals surface area (Å²) in [5, 5.41) is 9.43. The van der Waals surface area contributed by atoms with Crippen molar-refractivity contribution in [1.82, 2.24) is 9.97 Å². The van der Waals surface area contributed by atoms with Crippen molar-refractivity contribution >= 4 is 17.0 Å². The van der Waals surface area contributed by atoms with Gasteiger partial charge in [0.25, 0.3) is 0 Å². The summed E-state index contributed by atoms with van der Waals surface area (Å²) in [5.74, 6) is -0.691. The Morgan fingerprint density at radius 1 is 1.38 bits per heavy atom. The number of carboxylic acids is 1. The van der Waals surface area contributed by atoms with Crippen molar-refractivity contribution in [2.24, 2.45) is 11.1 Å². The average Bonchev–Trinajstić information content (AvgIpc) is 2.85. The van der Waals surface area contributed by atoms with Crippen molar-refractivity contribution in [3.05, 3.63) is 30.1 Å². The van der Waals surface area contributed by atoms with Gasteiger partial charge >= 0.3 is 5.97 Å². The van der Waals surface area contributed by atoms with Gasteiger partial charge in [0.15, 0.2) is 0 Å². The Hall–Kier alpha value is -1.88. The van der Waals surface area contributed by atoms with Crippen LogP contribution in [0.25, 0.3) is 11.0 Å². The number of hydrogen-bond donors (Lipinski definition) is 3. The minimum absolute atomic E-state index is 0.273. The highest BCUT2D eigenvalue weighted by molar-refractivity contribution is 5.78. The number of nitrogens with two attached hydrogens (primary N) is 1. The predicted octanol–water partition coefficient (Wildman–Crippen LogP) is 3.31. The highest BCUT2D eigenvalue weighted by atomic mass is 16.4. The summed E-state index contributed by atoms with van der Waals surface area (Å²) in [6.45, 7) is 6.93. The van der Waals surface area contributed by atoms with Crippen molar-refractivity contribution < 1.29 is 9.90 Å². The number of nitrogens with one attached hydrogen (secondary N) is 1. The molecule has 2 aromatic heterocycles. The molecular weight excluding hydrogens is 266 g/mol. The Kier molecular flexibility index (Phi) is 6.37. The van der Waals surface area contributed by atoms with E-state index in [9.17, 15) is 4.79 Å². The SMILES string of the molecule is CC(C)(C)CCCC(=O)O.NCc1ccnc2[nH]ccc12. The number of rotatable bonds is 4. The van der Waals surface area contributed by atoms with E-state index in [2.05, 4.69) is 30.7 Å². The number of carboxylic acid groups (broad SMARTS) is 1. The van der Waals surface area contributed by atoms with Gasteiger partial charge in [-0.15, -0.1) is 0 Å². The Bertz CT molecular complexity index is 570. The van der Waals surface area contributed by atoms with Crippen LogP contribution in [0.1, 0.15) is 45.6 Å². The molecular formula is C16H25N3O2. The van der Waals surface area contributed by atoms with E-state index in [0.29, 0.717) is 13.0 Å². The molecule has 0 aliphatic rings. The number of H-pyrrole nitrogens is 1. The summed E-state index contributed by atoms with van der Waals surface area (Å²) in [6.07, 6.45) is 5.72. The van der Waals surface area contributed by atoms with Gasteiger partial charge in [0, 0.05) is 30.7 Å². The zero-order chi connectivity index (χ0) is 15.9. The summed E-state index contributed by atoms with van der Waals surface area (Å²) in [5.41, 5.74) is 7.85. The molecule has 0 amide bonds. The second kappa shape index (κ2) is 7.78. The lowest BCUT2D eigenvalue weighted by molar-refractivity contribution is -0.137. The number of hydrogen-bond acceptors (Lipinski definition) is 3. The number of aliphatic carboxylic acids is 1. The molecule has 2 heterocycles. The molecule has 0 atom stereocenters. The molecule has 0 saturated heterocycles. The lowest BCUT2D eigenvalue weighted by atomic mass is 9.90. The molecule has 0 saturated carbocycles. The van der Waals surface area contributed by atoms with E-state index in [-0.39, 0.29) is 5.41 Å². The highest BCUT2D eigenvalue weighted by Crippen LogP contribution is 2.21. The van der Waals surface area contributed by atoms with Crippen molar-refractivity contribution in [3.63, 3.8) is 0 Å². The van der Waals surface area contributed by atoms with Crippen LogP contribution < -0.4 is 5.73 Å². The Morgan fingerprint density at radius 2 is 2.10 bits per heavy atom. The van der Waals surface area contributed by atoms with Crippen molar-refractivity contribution in [3.8, 4) is 0 Å². The number of aromatic nitrogens is 2. The second-order valence-corrected chi connectivity index (χ2v) is 6.22. The molecule has 2 rings (SSSR count). The lowest BCUT2D eigenvalue weighted by Gasteiger charge is -2.16. The zero-order valence-corrected chi connectivity index (χ0v) is 13.0. The summed E-state index contributed by atoms with van der Waals surface area (Å²) >= 11 is 0. The number of aromatic amines is 1. The molecule has 116 valence electrons. The van der Waals surface area contributed by atoms with Crippen LogP contribution in [0.15, 0.2) is 24.5 Å². The third-order valence-electron chi connectivity index (χ3n) is 3.09. The van der Waals surface area contributed by atoms with Gasteiger partial charge in [-0.05, 0) is 36.0 Å². The van der Waals surface area contributed by atoms with Crippen molar-refractivity contribution in [1.29, 1.82) is 0 Å². The van der Waals surface area contributed by atoms with Gasteiger partial charge in [-0.2, -0.15) is 0 Å². The monoisotopic (exact) mass is 291 g/mol. The minimum Gasteiger partial charge on any atom is -0.481 e. The maximum atomic E-state index is 10.1. The first kappa shape index (κ1) is 17.2. The van der Waals surface area contributed by atoms with Crippen LogP contribution in [0.3, 0.4) is 0 Å². The minimum atomic E-state index is -0.691.